The Morgan fingerprint density at radius 1 is 0.891 bits per heavy atom. The van der Waals surface area contributed by atoms with Crippen molar-refractivity contribution in [3.05, 3.63) is 0 Å². The molecular formula is C33H60F6O4Si3. The topological polar surface area (TPSA) is 47.9 Å². The molecule has 0 amide bonds. The summed E-state index contributed by atoms with van der Waals surface area (Å²) in [5.74, 6) is 4.17. The minimum atomic E-state index is -5.97. The molecule has 2 fully saturated rings. The fourth-order valence-corrected chi connectivity index (χ4v) is 12.6. The molecule has 1 N–H and O–H groups in total. The Morgan fingerprint density at radius 2 is 1.43 bits per heavy atom. The van der Waals surface area contributed by atoms with Crippen LogP contribution in [0.2, 0.25) is 32.7 Å². The average Bonchev–Trinajstić information content (AvgIpc) is 3.23. The van der Waals surface area contributed by atoms with Crippen molar-refractivity contribution in [3.8, 4) is 11.8 Å². The molecule has 0 unspecified atom stereocenters. The van der Waals surface area contributed by atoms with Crippen molar-refractivity contribution in [3.63, 3.8) is 0 Å². The summed E-state index contributed by atoms with van der Waals surface area (Å²) in [6.07, 6.45) is -5.70. The molecule has 0 radical (unpaired) electrons. The van der Waals surface area contributed by atoms with Crippen LogP contribution in [0.15, 0.2) is 0 Å². The van der Waals surface area contributed by atoms with Crippen LogP contribution in [-0.2, 0) is 13.3 Å². The molecule has 0 saturated heterocycles. The Labute approximate surface area is 279 Å². The molecular weight excluding hydrogens is 659 g/mol. The Hall–Kier alpha value is -0.369. The van der Waals surface area contributed by atoms with Crippen molar-refractivity contribution >= 4 is 27.8 Å². The zero-order chi connectivity index (χ0) is 35.6. The zero-order valence-corrected chi connectivity index (χ0v) is 33.9. The first-order chi connectivity index (χ1) is 20.7. The maximum atomic E-state index is 13.5. The van der Waals surface area contributed by atoms with E-state index in [4.69, 9.17) is 13.3 Å². The van der Waals surface area contributed by atoms with E-state index in [1.54, 1.807) is 0 Å². The summed E-state index contributed by atoms with van der Waals surface area (Å²) >= 11 is 0. The zero-order valence-electron chi connectivity index (χ0n) is 30.0. The smallest absolute Gasteiger partial charge is 0.413 e. The van der Waals surface area contributed by atoms with E-state index in [9.17, 15) is 31.4 Å². The number of hydrogen-bond donors (Lipinski definition) is 1. The quantitative estimate of drug-likeness (QED) is 0.0847. The Morgan fingerprint density at radius 3 is 1.91 bits per heavy atom. The van der Waals surface area contributed by atoms with Gasteiger partial charge in [-0.05, 0) is 107 Å². The maximum absolute atomic E-state index is 13.5. The van der Waals surface area contributed by atoms with E-state index in [0.29, 0.717) is 31.1 Å². The molecule has 0 aromatic carbocycles. The van der Waals surface area contributed by atoms with Crippen molar-refractivity contribution in [2.24, 2.45) is 34.0 Å². The fourth-order valence-electron chi connectivity index (χ4n) is 9.04. The minimum Gasteiger partial charge on any atom is -0.413 e. The Kier molecular flexibility index (Phi) is 13.5. The summed E-state index contributed by atoms with van der Waals surface area (Å²) in [5, 5.41) is 9.78. The van der Waals surface area contributed by atoms with Gasteiger partial charge in [-0.2, -0.15) is 26.3 Å². The number of alkyl halides is 6. The largest absolute Gasteiger partial charge is 0.438 e. The SMILES string of the molecule is C[SiH2]OC(O[SiH2]C)C(C)(C)[C@H]1CCC[C@]2(C)[C@@H]1CC[C@@H]2[C@@](C)(CC#CC(O)(C(F)(F)F)C(F)(F)F)CCCC(C)(C)O[Si](C)(C)C. The summed E-state index contributed by atoms with van der Waals surface area (Å²) in [4.78, 5) is 0. The lowest BCUT2D eigenvalue weighted by Gasteiger charge is -2.55. The average molecular weight is 719 g/mol. The molecule has 5 atom stereocenters. The molecule has 2 aliphatic carbocycles. The van der Waals surface area contributed by atoms with Crippen LogP contribution in [0.1, 0.15) is 99.3 Å². The van der Waals surface area contributed by atoms with Gasteiger partial charge in [-0.25, -0.2) is 0 Å². The highest BCUT2D eigenvalue weighted by Crippen LogP contribution is 2.66. The molecule has 270 valence electrons. The predicted octanol–water partition coefficient (Wildman–Crippen LogP) is 8.52. The van der Waals surface area contributed by atoms with E-state index in [-0.39, 0.29) is 29.5 Å². The Balaban J connectivity index is 2.52. The standard InChI is InChI=1S/C33H60F6O4Si3/c1-27(2,43-46(9,10)11)18-13-19-29(5,20-14-22-31(40,32(34,35)36)33(37,38)39)25-17-16-24-23(15-12-21-30(24,25)6)28(3,4)26(41-44-7)42-45-8/h23-26,40H,12-13,15-21,44-45H2,1-11H3/t23-,24+,25+,29+,30+/m0/s1. The first kappa shape index (κ1) is 41.8. The van der Waals surface area contributed by atoms with Gasteiger partial charge in [0.25, 0.3) is 0 Å². The summed E-state index contributed by atoms with van der Waals surface area (Å²) in [6, 6.07) is 0. The number of halogens is 6. The minimum absolute atomic E-state index is 0.0326. The van der Waals surface area contributed by atoms with Crippen molar-refractivity contribution in [1.29, 1.82) is 0 Å². The highest BCUT2D eigenvalue weighted by molar-refractivity contribution is 6.69. The third-order valence-corrected chi connectivity index (χ3v) is 13.3. The van der Waals surface area contributed by atoms with Crippen LogP contribution in [0, 0.1) is 45.8 Å². The first-order valence-corrected chi connectivity index (χ1v) is 24.4. The van der Waals surface area contributed by atoms with Crippen LogP contribution in [0.3, 0.4) is 0 Å². The highest BCUT2D eigenvalue weighted by atomic mass is 28.4. The lowest BCUT2D eigenvalue weighted by molar-refractivity contribution is -0.343. The number of fused-ring (bicyclic) bond motifs is 1. The molecule has 0 heterocycles. The highest BCUT2D eigenvalue weighted by Gasteiger charge is 2.70. The van der Waals surface area contributed by atoms with Gasteiger partial charge in [-0.15, -0.1) is 0 Å². The number of aliphatic hydroxyl groups is 1. The maximum Gasteiger partial charge on any atom is 0.438 e. The van der Waals surface area contributed by atoms with Crippen molar-refractivity contribution in [2.75, 3.05) is 0 Å². The normalized spacial score (nSPS) is 27.6. The van der Waals surface area contributed by atoms with Crippen molar-refractivity contribution < 1.29 is 44.7 Å². The predicted molar refractivity (Wildman–Crippen MR) is 180 cm³/mol. The molecule has 0 bridgehead atoms. The Bertz CT molecular complexity index is 1040. The van der Waals surface area contributed by atoms with Gasteiger partial charge >= 0.3 is 18.0 Å². The molecule has 2 aliphatic rings. The van der Waals surface area contributed by atoms with Crippen LogP contribution in [-0.4, -0.2) is 62.8 Å². The summed E-state index contributed by atoms with van der Waals surface area (Å²) in [6.45, 7) is 23.3. The number of hydrogen-bond acceptors (Lipinski definition) is 4. The van der Waals surface area contributed by atoms with E-state index in [1.807, 2.05) is 20.8 Å². The van der Waals surface area contributed by atoms with E-state index in [2.05, 4.69) is 59.4 Å². The molecule has 46 heavy (non-hydrogen) atoms. The van der Waals surface area contributed by atoms with Gasteiger partial charge < -0.3 is 18.4 Å². The van der Waals surface area contributed by atoms with Crippen LogP contribution in [0.4, 0.5) is 26.3 Å². The number of rotatable bonds is 14. The third kappa shape index (κ3) is 9.44. The van der Waals surface area contributed by atoms with E-state index >= 15 is 0 Å². The summed E-state index contributed by atoms with van der Waals surface area (Å²) < 4.78 is 99.9. The fraction of sp³-hybridized carbons (Fsp3) is 0.939. The molecule has 0 spiro atoms. The first-order valence-electron chi connectivity index (χ1n) is 17.0. The lowest BCUT2D eigenvalue weighted by Crippen LogP contribution is -2.55. The summed E-state index contributed by atoms with van der Waals surface area (Å²) in [5.41, 5.74) is -6.57. The molecule has 4 nitrogen and oxygen atoms in total. The second kappa shape index (κ2) is 14.9. The summed E-state index contributed by atoms with van der Waals surface area (Å²) in [7, 11) is -3.29. The van der Waals surface area contributed by atoms with Gasteiger partial charge in [0.15, 0.2) is 27.8 Å². The molecule has 0 aliphatic heterocycles. The molecule has 13 heteroatoms. The van der Waals surface area contributed by atoms with Crippen LogP contribution < -0.4 is 0 Å². The van der Waals surface area contributed by atoms with Gasteiger partial charge in [-0.1, -0.05) is 59.6 Å². The van der Waals surface area contributed by atoms with E-state index in [1.165, 1.54) is 5.92 Å². The second-order valence-electron chi connectivity index (χ2n) is 16.5. The molecule has 2 saturated carbocycles. The van der Waals surface area contributed by atoms with Gasteiger partial charge in [0.05, 0.1) is 5.60 Å². The van der Waals surface area contributed by atoms with Crippen LogP contribution >= 0.6 is 0 Å². The molecule has 0 aromatic rings. The van der Waals surface area contributed by atoms with Crippen molar-refractivity contribution in [1.82, 2.24) is 0 Å². The van der Waals surface area contributed by atoms with Gasteiger partial charge in [-0.3, -0.25) is 0 Å². The van der Waals surface area contributed by atoms with Gasteiger partial charge in [0, 0.05) is 11.8 Å². The van der Waals surface area contributed by atoms with Crippen molar-refractivity contribution in [2.45, 2.75) is 162 Å². The molecule has 0 aromatic heterocycles. The van der Waals surface area contributed by atoms with Crippen LogP contribution in [0.25, 0.3) is 0 Å². The van der Waals surface area contributed by atoms with E-state index in [0.717, 1.165) is 32.1 Å². The van der Waals surface area contributed by atoms with Gasteiger partial charge in [0.2, 0.25) is 0 Å². The van der Waals surface area contributed by atoms with Crippen LogP contribution in [0.5, 0.6) is 0 Å². The van der Waals surface area contributed by atoms with E-state index < -0.39 is 56.8 Å². The molecule has 2 rings (SSSR count). The second-order valence-corrected chi connectivity index (χ2v) is 22.7. The monoisotopic (exact) mass is 718 g/mol. The lowest BCUT2D eigenvalue weighted by atomic mass is 9.51. The third-order valence-electron chi connectivity index (χ3n) is 10.9. The van der Waals surface area contributed by atoms with Gasteiger partial charge in [0.1, 0.15) is 6.29 Å².